The normalized spacial score (nSPS) is 11.8. The number of nitrogens with one attached hydrogen (secondary N) is 1. The minimum atomic E-state index is -0.0522. The highest BCUT2D eigenvalue weighted by Gasteiger charge is 2.22. The molecule has 216 valence electrons. The minimum Gasteiger partial charge on any atom is -0.494 e. The summed E-state index contributed by atoms with van der Waals surface area (Å²) in [6.45, 7) is 12.4. The van der Waals surface area contributed by atoms with Gasteiger partial charge in [0.25, 0.3) is 5.95 Å². The molecule has 0 radical (unpaired) electrons. The molecule has 0 fully saturated rings. The van der Waals surface area contributed by atoms with Crippen LogP contribution in [0.5, 0.6) is 11.5 Å². The van der Waals surface area contributed by atoms with Gasteiger partial charge in [0.1, 0.15) is 11.5 Å². The van der Waals surface area contributed by atoms with Gasteiger partial charge in [0.05, 0.1) is 24.6 Å². The number of benzene rings is 2. The van der Waals surface area contributed by atoms with Crippen molar-refractivity contribution in [2.45, 2.75) is 78.6 Å². The van der Waals surface area contributed by atoms with Gasteiger partial charge in [-0.15, -0.1) is 10.2 Å². The first kappa shape index (κ1) is 28.5. The maximum atomic E-state index is 5.96. The van der Waals surface area contributed by atoms with Crippen LogP contribution < -0.4 is 9.47 Å². The molecular weight excluding hydrogens is 512 g/mol. The van der Waals surface area contributed by atoms with Crippen LogP contribution in [0.3, 0.4) is 0 Å². The van der Waals surface area contributed by atoms with Crippen molar-refractivity contribution in [2.75, 3.05) is 13.2 Å². The van der Waals surface area contributed by atoms with E-state index in [9.17, 15) is 0 Å². The third kappa shape index (κ3) is 6.64. The van der Waals surface area contributed by atoms with E-state index in [4.69, 9.17) is 14.6 Å². The van der Waals surface area contributed by atoms with Crippen molar-refractivity contribution in [2.24, 2.45) is 0 Å². The highest BCUT2D eigenvalue weighted by atomic mass is 16.5. The summed E-state index contributed by atoms with van der Waals surface area (Å²) in [5.74, 6) is 2.35. The standard InChI is InChI=1S/C33H42N6O2/c1-6-8-10-20-40-26-16-12-24(13-17-26)28-22-29(25-14-18-27(19-15-25)41-21-11-9-7-2)38(36-28)32-35-34-31-23-30(33(3,4)5)37-39(31)32/h12-19,22-23,37H,6-11,20-21H2,1-5H3. The number of hydrogen-bond acceptors (Lipinski definition) is 5. The third-order valence-electron chi connectivity index (χ3n) is 7.22. The molecule has 0 saturated carbocycles. The second kappa shape index (κ2) is 12.6. The summed E-state index contributed by atoms with van der Waals surface area (Å²) in [5.41, 5.74) is 5.56. The van der Waals surface area contributed by atoms with Gasteiger partial charge in [0.15, 0.2) is 5.65 Å². The Morgan fingerprint density at radius 3 is 1.88 bits per heavy atom. The molecule has 0 amide bonds. The number of nitrogens with zero attached hydrogens (tertiary/aromatic N) is 5. The quantitative estimate of drug-likeness (QED) is 0.149. The predicted octanol–water partition coefficient (Wildman–Crippen LogP) is 8.01. The van der Waals surface area contributed by atoms with Crippen LogP contribution in [-0.4, -0.2) is 42.8 Å². The van der Waals surface area contributed by atoms with Gasteiger partial charge >= 0.3 is 0 Å². The summed E-state index contributed by atoms with van der Waals surface area (Å²) >= 11 is 0. The molecule has 8 heteroatoms. The van der Waals surface area contributed by atoms with Crippen LogP contribution in [0.15, 0.2) is 60.7 Å². The van der Waals surface area contributed by atoms with E-state index in [-0.39, 0.29) is 5.41 Å². The molecule has 0 unspecified atom stereocenters. The molecule has 3 aromatic heterocycles. The molecule has 0 bridgehead atoms. The lowest BCUT2D eigenvalue weighted by molar-refractivity contribution is 0.306. The maximum absolute atomic E-state index is 5.96. The van der Waals surface area contributed by atoms with Crippen LogP contribution in [0.4, 0.5) is 0 Å². The Balaban J connectivity index is 1.48. The largest absolute Gasteiger partial charge is 0.494 e. The number of aromatic nitrogens is 6. The van der Waals surface area contributed by atoms with Crippen molar-refractivity contribution in [3.63, 3.8) is 0 Å². The zero-order valence-corrected chi connectivity index (χ0v) is 25.0. The molecule has 0 aliphatic carbocycles. The van der Waals surface area contributed by atoms with Gasteiger partial charge in [-0.2, -0.15) is 14.3 Å². The second-order valence-electron chi connectivity index (χ2n) is 11.6. The Morgan fingerprint density at radius 2 is 1.32 bits per heavy atom. The van der Waals surface area contributed by atoms with Gasteiger partial charge in [-0.3, -0.25) is 5.10 Å². The summed E-state index contributed by atoms with van der Waals surface area (Å²) in [7, 11) is 0. The van der Waals surface area contributed by atoms with E-state index in [1.54, 1.807) is 0 Å². The van der Waals surface area contributed by atoms with Gasteiger partial charge < -0.3 is 9.47 Å². The minimum absolute atomic E-state index is 0.0522. The zero-order valence-electron chi connectivity index (χ0n) is 25.0. The average molecular weight is 555 g/mol. The number of hydrogen-bond donors (Lipinski definition) is 1. The van der Waals surface area contributed by atoms with E-state index in [1.165, 1.54) is 25.7 Å². The van der Waals surface area contributed by atoms with Gasteiger partial charge in [-0.1, -0.05) is 60.3 Å². The number of unbranched alkanes of at least 4 members (excludes halogenated alkanes) is 4. The summed E-state index contributed by atoms with van der Waals surface area (Å²) in [6.07, 6.45) is 6.84. The van der Waals surface area contributed by atoms with Crippen LogP contribution in [0.2, 0.25) is 0 Å². The Hall–Kier alpha value is -4.07. The van der Waals surface area contributed by atoms with Gasteiger partial charge in [0.2, 0.25) is 0 Å². The Morgan fingerprint density at radius 1 is 0.732 bits per heavy atom. The van der Waals surface area contributed by atoms with E-state index < -0.39 is 0 Å². The first-order valence-corrected chi connectivity index (χ1v) is 14.9. The molecule has 2 aromatic carbocycles. The third-order valence-corrected chi connectivity index (χ3v) is 7.22. The lowest BCUT2D eigenvalue weighted by Gasteiger charge is -2.15. The lowest BCUT2D eigenvalue weighted by atomic mass is 9.93. The van der Waals surface area contributed by atoms with E-state index in [0.717, 1.165) is 71.4 Å². The predicted molar refractivity (Wildman–Crippen MR) is 164 cm³/mol. The molecular formula is C33H42N6O2. The highest BCUT2D eigenvalue weighted by Crippen LogP contribution is 2.31. The summed E-state index contributed by atoms with van der Waals surface area (Å²) in [5, 5.41) is 17.5. The molecule has 0 aliphatic heterocycles. The molecule has 0 atom stereocenters. The van der Waals surface area contributed by atoms with Crippen molar-refractivity contribution in [1.29, 1.82) is 0 Å². The molecule has 3 heterocycles. The Kier molecular flexibility index (Phi) is 8.76. The SMILES string of the molecule is CCCCCOc1ccc(-c2cc(-c3ccc(OCCCCC)cc3)n(-c3nnc4cc(C(C)(C)C)[nH]n34)n2)cc1. The summed E-state index contributed by atoms with van der Waals surface area (Å²) in [4.78, 5) is 0. The van der Waals surface area contributed by atoms with Gasteiger partial charge in [-0.25, -0.2) is 0 Å². The molecule has 41 heavy (non-hydrogen) atoms. The topological polar surface area (TPSA) is 82.3 Å². The van der Waals surface area contributed by atoms with Crippen molar-refractivity contribution >= 4 is 5.65 Å². The van der Waals surface area contributed by atoms with Gasteiger partial charge in [-0.05, 0) is 67.4 Å². The Labute approximate surface area is 242 Å². The first-order valence-electron chi connectivity index (χ1n) is 14.9. The fraction of sp³-hybridized carbons (Fsp3) is 0.424. The number of ether oxygens (including phenoxy) is 2. The smallest absolute Gasteiger partial charge is 0.272 e. The average Bonchev–Trinajstić information content (AvgIpc) is 3.69. The van der Waals surface area contributed by atoms with E-state index >= 15 is 0 Å². The van der Waals surface area contributed by atoms with Crippen LogP contribution >= 0.6 is 0 Å². The van der Waals surface area contributed by atoms with Crippen LogP contribution in [0.25, 0.3) is 34.1 Å². The molecule has 0 saturated heterocycles. The number of H-pyrrole nitrogens is 1. The summed E-state index contributed by atoms with van der Waals surface area (Å²) in [6, 6.07) is 20.5. The molecule has 5 aromatic rings. The number of rotatable bonds is 13. The van der Waals surface area contributed by atoms with Crippen molar-refractivity contribution < 1.29 is 9.47 Å². The first-order chi connectivity index (χ1) is 19.9. The molecule has 0 spiro atoms. The molecule has 1 N–H and O–H groups in total. The highest BCUT2D eigenvalue weighted by molar-refractivity contribution is 5.71. The van der Waals surface area contributed by atoms with E-state index in [2.05, 4.69) is 80.2 Å². The molecule has 8 nitrogen and oxygen atoms in total. The summed E-state index contributed by atoms with van der Waals surface area (Å²) < 4.78 is 15.6. The Bertz CT molecular complexity index is 1540. The molecule has 0 aliphatic rings. The monoisotopic (exact) mass is 554 g/mol. The lowest BCUT2D eigenvalue weighted by Crippen LogP contribution is -2.13. The van der Waals surface area contributed by atoms with E-state index in [1.807, 2.05) is 39.5 Å². The number of aromatic amines is 1. The molecule has 5 rings (SSSR count). The van der Waals surface area contributed by atoms with Crippen molar-refractivity contribution in [1.82, 2.24) is 29.6 Å². The van der Waals surface area contributed by atoms with E-state index in [0.29, 0.717) is 5.95 Å². The van der Waals surface area contributed by atoms with Crippen LogP contribution in [0.1, 0.15) is 78.8 Å². The van der Waals surface area contributed by atoms with Crippen LogP contribution in [-0.2, 0) is 5.41 Å². The zero-order chi connectivity index (χ0) is 28.8. The van der Waals surface area contributed by atoms with Crippen LogP contribution in [0, 0.1) is 0 Å². The van der Waals surface area contributed by atoms with Crippen molar-refractivity contribution in [3.05, 3.63) is 66.4 Å². The van der Waals surface area contributed by atoms with Crippen molar-refractivity contribution in [3.8, 4) is 40.0 Å². The maximum Gasteiger partial charge on any atom is 0.272 e. The second-order valence-corrected chi connectivity index (χ2v) is 11.6. The number of fused-ring (bicyclic) bond motifs is 1. The fourth-order valence-electron chi connectivity index (χ4n) is 4.70. The fourth-order valence-corrected chi connectivity index (χ4v) is 4.70. The van der Waals surface area contributed by atoms with Gasteiger partial charge in [0, 0.05) is 28.3 Å².